The normalized spacial score (nSPS) is 17.8. The first-order chi connectivity index (χ1) is 17.4. The van der Waals surface area contributed by atoms with Gasteiger partial charge in [0.05, 0.1) is 28.7 Å². The lowest BCUT2D eigenvalue weighted by molar-refractivity contribution is -0.119. The average Bonchev–Trinajstić information content (AvgIpc) is 3.51. The van der Waals surface area contributed by atoms with Crippen LogP contribution in [0.5, 0.6) is 0 Å². The maximum Gasteiger partial charge on any atom is 0.217 e. The number of hydrogen-bond donors (Lipinski definition) is 2. The molecule has 4 aromatic rings. The largest absolute Gasteiger partial charge is 0.382 e. The summed E-state index contributed by atoms with van der Waals surface area (Å²) >= 11 is 0. The summed E-state index contributed by atoms with van der Waals surface area (Å²) in [6, 6.07) is 8.19. The second kappa shape index (κ2) is 9.77. The molecule has 1 aliphatic carbocycles. The van der Waals surface area contributed by atoms with Gasteiger partial charge in [0.25, 0.3) is 0 Å². The van der Waals surface area contributed by atoms with Crippen LogP contribution >= 0.6 is 0 Å². The van der Waals surface area contributed by atoms with E-state index in [1.165, 1.54) is 6.20 Å². The van der Waals surface area contributed by atoms with Crippen molar-refractivity contribution in [2.24, 2.45) is 0 Å². The molecule has 2 N–H and O–H groups in total. The number of carbonyl (C=O) groups is 1. The van der Waals surface area contributed by atoms with E-state index in [9.17, 15) is 4.79 Å². The quantitative estimate of drug-likeness (QED) is 0.413. The molecule has 0 saturated heterocycles. The fraction of sp³-hybridized carbons (Fsp3) is 0.385. The monoisotopic (exact) mass is 484 g/mol. The molecule has 1 saturated carbocycles. The van der Waals surface area contributed by atoms with Crippen LogP contribution in [0.4, 0.5) is 5.69 Å². The van der Waals surface area contributed by atoms with E-state index in [-0.39, 0.29) is 18.0 Å². The summed E-state index contributed by atoms with van der Waals surface area (Å²) in [4.78, 5) is 20.4. The third-order valence-corrected chi connectivity index (χ3v) is 6.43. The zero-order chi connectivity index (χ0) is 25.2. The molecule has 184 valence electrons. The number of nitrogens with one attached hydrogen (secondary N) is 2. The molecule has 1 aliphatic rings. The van der Waals surface area contributed by atoms with E-state index in [0.29, 0.717) is 28.7 Å². The van der Waals surface area contributed by atoms with Crippen LogP contribution in [0, 0.1) is 11.3 Å². The van der Waals surface area contributed by atoms with E-state index in [2.05, 4.69) is 50.8 Å². The Hall–Kier alpha value is -4.26. The zero-order valence-electron chi connectivity index (χ0n) is 20.5. The summed E-state index contributed by atoms with van der Waals surface area (Å²) in [7, 11) is 0. The van der Waals surface area contributed by atoms with Crippen LogP contribution in [-0.2, 0) is 4.79 Å². The van der Waals surface area contributed by atoms with Gasteiger partial charge in [-0.3, -0.25) is 4.79 Å². The summed E-state index contributed by atoms with van der Waals surface area (Å²) in [5.41, 5.74) is 3.71. The number of anilines is 1. The van der Waals surface area contributed by atoms with Crippen molar-refractivity contribution in [1.29, 1.82) is 5.26 Å². The minimum atomic E-state index is 0.0223. The fourth-order valence-corrected chi connectivity index (χ4v) is 4.77. The van der Waals surface area contributed by atoms with Crippen LogP contribution < -0.4 is 10.6 Å². The van der Waals surface area contributed by atoms with E-state index in [1.807, 2.05) is 12.1 Å². The van der Waals surface area contributed by atoms with Crippen molar-refractivity contribution in [3.05, 3.63) is 48.0 Å². The maximum atomic E-state index is 11.4. The topological polar surface area (TPSA) is 135 Å². The fourth-order valence-electron chi connectivity index (χ4n) is 4.77. The smallest absolute Gasteiger partial charge is 0.217 e. The Morgan fingerprint density at radius 2 is 1.94 bits per heavy atom. The third kappa shape index (κ3) is 4.77. The van der Waals surface area contributed by atoms with E-state index in [1.54, 1.807) is 30.1 Å². The Kier molecular flexibility index (Phi) is 6.38. The lowest BCUT2D eigenvalue weighted by Gasteiger charge is -2.27. The van der Waals surface area contributed by atoms with Crippen molar-refractivity contribution in [1.82, 2.24) is 30.2 Å². The SMILES string of the molecule is CC(=O)N[C@H]1CC[C@@H](c2cc(-c3cnc(-n4ncc5cc(C#N)cnc54)cc3NC(C)C)on2)CC1. The van der Waals surface area contributed by atoms with Crippen LogP contribution in [0.25, 0.3) is 28.2 Å². The molecule has 10 nitrogen and oxygen atoms in total. The van der Waals surface area contributed by atoms with Crippen LogP contribution in [0.1, 0.15) is 63.6 Å². The third-order valence-electron chi connectivity index (χ3n) is 6.43. The summed E-state index contributed by atoms with van der Waals surface area (Å²) in [6.45, 7) is 5.70. The lowest BCUT2D eigenvalue weighted by atomic mass is 9.84. The Labute approximate surface area is 208 Å². The number of nitriles is 1. The maximum absolute atomic E-state index is 11.4. The van der Waals surface area contributed by atoms with Gasteiger partial charge in [-0.1, -0.05) is 5.16 Å². The number of nitrogens with zero attached hydrogens (tertiary/aromatic N) is 6. The molecular formula is C26H28N8O2. The van der Waals surface area contributed by atoms with Gasteiger partial charge in [0.15, 0.2) is 17.2 Å². The standard InChI is InChI=1S/C26H28N8O2/c1-15(2)31-23-10-25(34-26-19(13-30-34)8-17(11-27)12-29-26)28-14-21(23)24-9-22(33-36-24)18-4-6-20(7-5-18)32-16(3)35/h8-10,12-15,18,20H,4-7H2,1-3H3,(H,28,31)(H,32,35)/t18-,20+. The van der Waals surface area contributed by atoms with Gasteiger partial charge >= 0.3 is 0 Å². The molecular weight excluding hydrogens is 456 g/mol. The van der Waals surface area contributed by atoms with E-state index < -0.39 is 0 Å². The van der Waals surface area contributed by atoms with Crippen molar-refractivity contribution in [2.75, 3.05) is 5.32 Å². The van der Waals surface area contributed by atoms with Crippen LogP contribution in [-0.4, -0.2) is 42.9 Å². The number of amides is 1. The highest BCUT2D eigenvalue weighted by Gasteiger charge is 2.26. The van der Waals surface area contributed by atoms with Gasteiger partial charge in [0.1, 0.15) is 6.07 Å². The number of rotatable bonds is 6. The highest BCUT2D eigenvalue weighted by atomic mass is 16.5. The minimum absolute atomic E-state index is 0.0223. The highest BCUT2D eigenvalue weighted by molar-refractivity contribution is 5.79. The number of fused-ring (bicyclic) bond motifs is 1. The van der Waals surface area contributed by atoms with Crippen LogP contribution in [0.15, 0.2) is 41.3 Å². The molecule has 0 bridgehead atoms. The first-order valence-corrected chi connectivity index (χ1v) is 12.2. The van der Waals surface area contributed by atoms with Crippen molar-refractivity contribution < 1.29 is 9.32 Å². The van der Waals surface area contributed by atoms with E-state index in [0.717, 1.165) is 48.0 Å². The molecule has 0 aromatic carbocycles. The predicted octanol–water partition coefficient (Wildman–Crippen LogP) is 4.32. The number of aromatic nitrogens is 5. The first-order valence-electron chi connectivity index (χ1n) is 12.2. The minimum Gasteiger partial charge on any atom is -0.382 e. The van der Waals surface area contributed by atoms with E-state index >= 15 is 0 Å². The molecule has 0 unspecified atom stereocenters. The molecule has 0 radical (unpaired) electrons. The molecule has 1 amide bonds. The predicted molar refractivity (Wildman–Crippen MR) is 134 cm³/mol. The highest BCUT2D eigenvalue weighted by Crippen LogP contribution is 2.36. The first kappa shape index (κ1) is 23.5. The number of hydrogen-bond acceptors (Lipinski definition) is 8. The molecule has 0 aliphatic heterocycles. The molecule has 1 fully saturated rings. The molecule has 5 rings (SSSR count). The van der Waals surface area contributed by atoms with Gasteiger partial charge in [-0.15, -0.1) is 0 Å². The van der Waals surface area contributed by atoms with Crippen molar-refractivity contribution in [3.63, 3.8) is 0 Å². The van der Waals surface area contributed by atoms with Gasteiger partial charge in [0, 0.05) is 54.8 Å². The van der Waals surface area contributed by atoms with Gasteiger partial charge in [-0.25, -0.2) is 9.97 Å². The Balaban J connectivity index is 1.42. The molecule has 36 heavy (non-hydrogen) atoms. The molecule has 0 atom stereocenters. The average molecular weight is 485 g/mol. The van der Waals surface area contributed by atoms with Crippen molar-refractivity contribution >= 4 is 22.6 Å². The van der Waals surface area contributed by atoms with Crippen LogP contribution in [0.3, 0.4) is 0 Å². The van der Waals surface area contributed by atoms with Gasteiger partial charge in [-0.05, 0) is 45.6 Å². The van der Waals surface area contributed by atoms with Crippen molar-refractivity contribution in [3.8, 4) is 23.2 Å². The summed E-state index contributed by atoms with van der Waals surface area (Å²) < 4.78 is 7.44. The van der Waals surface area contributed by atoms with Gasteiger partial charge < -0.3 is 15.2 Å². The molecule has 0 spiro atoms. The number of pyridine rings is 2. The number of carbonyl (C=O) groups excluding carboxylic acids is 1. The zero-order valence-corrected chi connectivity index (χ0v) is 20.5. The Morgan fingerprint density at radius 1 is 1.14 bits per heavy atom. The second-order valence-corrected chi connectivity index (χ2v) is 9.56. The second-order valence-electron chi connectivity index (χ2n) is 9.56. The lowest BCUT2D eigenvalue weighted by Crippen LogP contribution is -2.35. The van der Waals surface area contributed by atoms with Gasteiger partial charge in [-0.2, -0.15) is 15.0 Å². The molecule has 4 heterocycles. The van der Waals surface area contributed by atoms with Crippen molar-refractivity contribution in [2.45, 2.75) is 64.5 Å². The molecule has 10 heteroatoms. The Morgan fingerprint density at radius 3 is 2.67 bits per heavy atom. The Bertz CT molecular complexity index is 1440. The summed E-state index contributed by atoms with van der Waals surface area (Å²) in [5, 5.41) is 25.2. The summed E-state index contributed by atoms with van der Waals surface area (Å²) in [5.74, 6) is 1.58. The van der Waals surface area contributed by atoms with E-state index in [4.69, 9.17) is 9.78 Å². The summed E-state index contributed by atoms with van der Waals surface area (Å²) in [6.07, 6.45) is 8.75. The van der Waals surface area contributed by atoms with Gasteiger partial charge in [0.2, 0.25) is 5.91 Å². The molecule has 4 aromatic heterocycles. The van der Waals surface area contributed by atoms with Crippen LogP contribution in [0.2, 0.25) is 0 Å².